The molecule has 1 saturated carbocycles. The number of halogens is 3. The highest BCUT2D eigenvalue weighted by atomic mass is 35.5. The van der Waals surface area contributed by atoms with E-state index in [0.29, 0.717) is 17.1 Å². The number of rotatable bonds is 3. The molecule has 2 aromatic heterocycles. The molecule has 1 aliphatic rings. The molecule has 0 aliphatic heterocycles. The minimum atomic E-state index is -0.667. The first-order valence-electron chi connectivity index (χ1n) is 7.06. The van der Waals surface area contributed by atoms with Crippen LogP contribution in [-0.4, -0.2) is 21.5 Å². The predicted octanol–water partition coefficient (Wildman–Crippen LogP) is 4.46. The fourth-order valence-corrected chi connectivity index (χ4v) is 3.08. The number of anilines is 1. The molecule has 0 atom stereocenters. The molecule has 0 amide bonds. The molecule has 1 aliphatic carbocycles. The zero-order valence-corrected chi connectivity index (χ0v) is 12.9. The van der Waals surface area contributed by atoms with Gasteiger partial charge in [-0.15, -0.1) is 0 Å². The Morgan fingerprint density at radius 1 is 1.19 bits per heavy atom. The van der Waals surface area contributed by atoms with Gasteiger partial charge in [-0.05, 0) is 30.4 Å². The summed E-state index contributed by atoms with van der Waals surface area (Å²) < 4.78 is 14.0. The van der Waals surface area contributed by atoms with Crippen LogP contribution in [0.15, 0.2) is 6.20 Å². The molecule has 7 heteroatoms. The summed E-state index contributed by atoms with van der Waals surface area (Å²) in [7, 11) is 0. The Morgan fingerprint density at radius 3 is 2.71 bits per heavy atom. The van der Waals surface area contributed by atoms with E-state index in [9.17, 15) is 4.39 Å². The van der Waals surface area contributed by atoms with Crippen molar-refractivity contribution in [2.75, 3.05) is 11.9 Å². The lowest BCUT2D eigenvalue weighted by Crippen LogP contribution is -2.18. The maximum atomic E-state index is 14.0. The van der Waals surface area contributed by atoms with E-state index >= 15 is 0 Å². The van der Waals surface area contributed by atoms with Crippen LogP contribution in [0.5, 0.6) is 0 Å². The number of pyridine rings is 1. The standard InChI is InChI=1S/C14H15Cl2FN4/c15-12-10(17)11-9(7-18-12)13(21-14(16)20-11)19-6-8-4-2-1-3-5-8/h7-8H,1-6H2,(H,19,20,21). The first-order chi connectivity index (χ1) is 10.1. The van der Waals surface area contributed by atoms with Gasteiger partial charge in [0, 0.05) is 12.7 Å². The second-order valence-electron chi connectivity index (χ2n) is 5.35. The highest BCUT2D eigenvalue weighted by Gasteiger charge is 2.17. The van der Waals surface area contributed by atoms with Gasteiger partial charge in [-0.25, -0.2) is 19.3 Å². The zero-order chi connectivity index (χ0) is 14.8. The van der Waals surface area contributed by atoms with Crippen LogP contribution >= 0.6 is 23.2 Å². The topological polar surface area (TPSA) is 50.7 Å². The Kier molecular flexibility index (Phi) is 4.40. The first kappa shape index (κ1) is 14.7. The van der Waals surface area contributed by atoms with E-state index in [2.05, 4.69) is 20.3 Å². The third kappa shape index (κ3) is 3.19. The number of hydrogen-bond acceptors (Lipinski definition) is 4. The summed E-state index contributed by atoms with van der Waals surface area (Å²) in [6, 6.07) is 0. The summed E-state index contributed by atoms with van der Waals surface area (Å²) >= 11 is 11.6. The van der Waals surface area contributed by atoms with E-state index in [4.69, 9.17) is 23.2 Å². The molecule has 21 heavy (non-hydrogen) atoms. The van der Waals surface area contributed by atoms with Crippen LogP contribution in [0.3, 0.4) is 0 Å². The van der Waals surface area contributed by atoms with Crippen molar-refractivity contribution in [1.82, 2.24) is 15.0 Å². The summed E-state index contributed by atoms with van der Waals surface area (Å²) in [5.41, 5.74) is 0.0983. The van der Waals surface area contributed by atoms with Gasteiger partial charge in [0.2, 0.25) is 5.28 Å². The maximum absolute atomic E-state index is 14.0. The van der Waals surface area contributed by atoms with Crippen molar-refractivity contribution in [2.24, 2.45) is 5.92 Å². The van der Waals surface area contributed by atoms with Crippen molar-refractivity contribution in [1.29, 1.82) is 0 Å². The molecule has 0 spiro atoms. The van der Waals surface area contributed by atoms with Crippen molar-refractivity contribution in [3.63, 3.8) is 0 Å². The van der Waals surface area contributed by atoms with E-state index < -0.39 is 5.82 Å². The van der Waals surface area contributed by atoms with E-state index in [1.54, 1.807) is 0 Å². The highest BCUT2D eigenvalue weighted by Crippen LogP contribution is 2.28. The van der Waals surface area contributed by atoms with Gasteiger partial charge in [-0.3, -0.25) is 0 Å². The van der Waals surface area contributed by atoms with Crippen LogP contribution in [-0.2, 0) is 0 Å². The van der Waals surface area contributed by atoms with E-state index in [1.165, 1.54) is 38.3 Å². The van der Waals surface area contributed by atoms with Crippen molar-refractivity contribution in [2.45, 2.75) is 32.1 Å². The summed E-state index contributed by atoms with van der Waals surface area (Å²) in [6.07, 6.45) is 7.74. The lowest BCUT2D eigenvalue weighted by molar-refractivity contribution is 0.373. The number of nitrogens with one attached hydrogen (secondary N) is 1. The molecule has 1 fully saturated rings. The van der Waals surface area contributed by atoms with Crippen LogP contribution in [0.25, 0.3) is 10.9 Å². The van der Waals surface area contributed by atoms with Crippen molar-refractivity contribution in [3.8, 4) is 0 Å². The lowest BCUT2D eigenvalue weighted by Gasteiger charge is -2.22. The molecule has 4 nitrogen and oxygen atoms in total. The predicted molar refractivity (Wildman–Crippen MR) is 82.4 cm³/mol. The molecule has 2 heterocycles. The van der Waals surface area contributed by atoms with Crippen LogP contribution in [0.4, 0.5) is 10.2 Å². The molecule has 0 unspecified atom stereocenters. The number of fused-ring (bicyclic) bond motifs is 1. The SMILES string of the molecule is Fc1c(Cl)ncc2c(NCC3CCCCC3)nc(Cl)nc12. The van der Waals surface area contributed by atoms with E-state index in [-0.39, 0.29) is 16.0 Å². The largest absolute Gasteiger partial charge is 0.369 e. The smallest absolute Gasteiger partial charge is 0.225 e. The average Bonchev–Trinajstić information content (AvgIpc) is 2.50. The maximum Gasteiger partial charge on any atom is 0.225 e. The highest BCUT2D eigenvalue weighted by molar-refractivity contribution is 6.30. The molecular weight excluding hydrogens is 314 g/mol. The Bertz CT molecular complexity index is 659. The van der Waals surface area contributed by atoms with Crippen LogP contribution in [0.2, 0.25) is 10.4 Å². The normalized spacial score (nSPS) is 16.3. The van der Waals surface area contributed by atoms with Gasteiger partial charge in [0.25, 0.3) is 0 Å². The zero-order valence-electron chi connectivity index (χ0n) is 11.4. The molecule has 0 aromatic carbocycles. The summed E-state index contributed by atoms with van der Waals surface area (Å²) in [5.74, 6) is 0.463. The average molecular weight is 329 g/mol. The minimum absolute atomic E-state index is 0.00480. The molecule has 112 valence electrons. The van der Waals surface area contributed by atoms with E-state index in [0.717, 1.165) is 6.54 Å². The lowest BCUT2D eigenvalue weighted by atomic mass is 9.89. The fraction of sp³-hybridized carbons (Fsp3) is 0.500. The van der Waals surface area contributed by atoms with Crippen LogP contribution < -0.4 is 5.32 Å². The summed E-state index contributed by atoms with van der Waals surface area (Å²) in [6.45, 7) is 0.798. The number of nitrogens with zero attached hydrogens (tertiary/aromatic N) is 3. The minimum Gasteiger partial charge on any atom is -0.369 e. The second-order valence-corrected chi connectivity index (χ2v) is 6.05. The molecule has 0 bridgehead atoms. The van der Waals surface area contributed by atoms with Gasteiger partial charge in [0.1, 0.15) is 11.3 Å². The molecule has 1 N–H and O–H groups in total. The summed E-state index contributed by atoms with van der Waals surface area (Å²) in [4.78, 5) is 11.9. The number of aromatic nitrogens is 3. The van der Waals surface area contributed by atoms with Crippen LogP contribution in [0.1, 0.15) is 32.1 Å². The van der Waals surface area contributed by atoms with Crippen LogP contribution in [0, 0.1) is 11.7 Å². The third-order valence-electron chi connectivity index (χ3n) is 3.90. The van der Waals surface area contributed by atoms with Gasteiger partial charge >= 0.3 is 0 Å². The molecular formula is C14H15Cl2FN4. The quantitative estimate of drug-likeness (QED) is 0.667. The molecule has 0 radical (unpaired) electrons. The van der Waals surface area contributed by atoms with Gasteiger partial charge in [-0.1, -0.05) is 30.9 Å². The van der Waals surface area contributed by atoms with Crippen molar-refractivity contribution < 1.29 is 4.39 Å². The molecule has 0 saturated heterocycles. The van der Waals surface area contributed by atoms with Gasteiger partial charge in [-0.2, -0.15) is 0 Å². The van der Waals surface area contributed by atoms with E-state index in [1.807, 2.05) is 0 Å². The third-order valence-corrected chi connectivity index (χ3v) is 4.33. The number of hydrogen-bond donors (Lipinski definition) is 1. The van der Waals surface area contributed by atoms with Crippen molar-refractivity contribution >= 4 is 39.9 Å². The Labute approximate surface area is 132 Å². The Hall–Kier alpha value is -1.20. The first-order valence-corrected chi connectivity index (χ1v) is 7.82. The Balaban J connectivity index is 1.88. The van der Waals surface area contributed by atoms with Gasteiger partial charge in [0.05, 0.1) is 5.39 Å². The van der Waals surface area contributed by atoms with Gasteiger partial charge < -0.3 is 5.32 Å². The fourth-order valence-electron chi connectivity index (χ4n) is 2.77. The Morgan fingerprint density at radius 2 is 1.95 bits per heavy atom. The monoisotopic (exact) mass is 328 g/mol. The molecule has 3 rings (SSSR count). The van der Waals surface area contributed by atoms with Crippen molar-refractivity contribution in [3.05, 3.63) is 22.5 Å². The van der Waals surface area contributed by atoms with Gasteiger partial charge in [0.15, 0.2) is 11.0 Å². The summed E-state index contributed by atoms with van der Waals surface area (Å²) in [5, 5.41) is 3.54. The second kappa shape index (κ2) is 6.28. The molecule has 2 aromatic rings.